The van der Waals surface area contributed by atoms with Gasteiger partial charge in [-0.05, 0) is 29.8 Å². The second kappa shape index (κ2) is 11.3. The molecule has 0 fully saturated rings. The molecule has 2 heterocycles. The first-order chi connectivity index (χ1) is 16.3. The fourth-order valence-corrected chi connectivity index (χ4v) is 3.45. The van der Waals surface area contributed by atoms with Crippen molar-refractivity contribution in [1.29, 1.82) is 0 Å². The molecule has 0 aliphatic rings. The van der Waals surface area contributed by atoms with Crippen molar-refractivity contribution in [1.82, 2.24) is 10.7 Å². The fraction of sp³-hybridized carbons (Fsp3) is 0.0952. The van der Waals surface area contributed by atoms with Gasteiger partial charge in [-0.3, -0.25) is 29.8 Å². The number of carbonyl (C=O) groups is 2. The molecule has 3 aromatic rings. The number of benzene rings is 1. The average Bonchev–Trinajstić information content (AvgIpc) is 3.49. The third kappa shape index (κ3) is 6.67. The van der Waals surface area contributed by atoms with Crippen LogP contribution in [0.15, 0.2) is 70.2 Å². The van der Waals surface area contributed by atoms with E-state index >= 15 is 0 Å². The Morgan fingerprint density at radius 2 is 1.82 bits per heavy atom. The summed E-state index contributed by atoms with van der Waals surface area (Å²) >= 11 is 0.702. The molecule has 1 atom stereocenters. The average molecular weight is 483 g/mol. The molecule has 0 spiro atoms. The number of hydrogen-bond donors (Lipinski definition) is 2. The maximum absolute atomic E-state index is 12.7. The summed E-state index contributed by atoms with van der Waals surface area (Å²) in [5, 5.41) is 27.6. The van der Waals surface area contributed by atoms with Crippen molar-refractivity contribution < 1.29 is 23.9 Å². The predicted molar refractivity (Wildman–Crippen MR) is 123 cm³/mol. The van der Waals surface area contributed by atoms with E-state index in [1.165, 1.54) is 42.6 Å². The van der Waals surface area contributed by atoms with Crippen LogP contribution in [0, 0.1) is 20.2 Å². The molecule has 2 aromatic heterocycles. The normalized spacial score (nSPS) is 12.0. The lowest BCUT2D eigenvalue weighted by Gasteiger charge is -2.16. The van der Waals surface area contributed by atoms with Gasteiger partial charge in [-0.2, -0.15) is 5.10 Å². The second-order valence-electron chi connectivity index (χ2n) is 6.66. The standard InChI is InChI=1S/C21H17N5O7S/c27-20(24-22-12-4-7-15-8-10-18(33-15)25(29)30)16(13-14-5-2-1-3-6-14)23-21(28)17-9-11-19(34-17)26(31)32/h1-12,16H,13H2,(H,23,28)(H,24,27)/b7-4+,22-12-/t16-/m0/s1. The molecule has 34 heavy (non-hydrogen) atoms. The van der Waals surface area contributed by atoms with Crippen molar-refractivity contribution in [3.05, 3.63) is 97.1 Å². The van der Waals surface area contributed by atoms with Crippen molar-refractivity contribution in [3.8, 4) is 0 Å². The fourth-order valence-electron chi connectivity index (χ4n) is 2.73. The molecule has 0 unspecified atom stereocenters. The Kier molecular flexibility index (Phi) is 7.97. The first kappa shape index (κ1) is 24.0. The van der Waals surface area contributed by atoms with Gasteiger partial charge < -0.3 is 9.73 Å². The molecule has 2 amide bonds. The number of thiophene rings is 1. The van der Waals surface area contributed by atoms with E-state index in [4.69, 9.17) is 4.42 Å². The summed E-state index contributed by atoms with van der Waals surface area (Å²) in [6.45, 7) is 0. The van der Waals surface area contributed by atoms with Gasteiger partial charge in [0.2, 0.25) is 0 Å². The molecule has 0 radical (unpaired) electrons. The Bertz CT molecular complexity index is 1250. The van der Waals surface area contributed by atoms with Crippen LogP contribution in [0.4, 0.5) is 10.9 Å². The first-order valence-electron chi connectivity index (χ1n) is 9.66. The number of hydrazone groups is 1. The van der Waals surface area contributed by atoms with E-state index in [9.17, 15) is 29.8 Å². The Balaban J connectivity index is 1.65. The molecule has 13 heteroatoms. The minimum absolute atomic E-state index is 0.0940. The largest absolute Gasteiger partial charge is 0.433 e. The highest BCUT2D eigenvalue weighted by Gasteiger charge is 2.24. The van der Waals surface area contributed by atoms with Gasteiger partial charge in [-0.1, -0.05) is 41.7 Å². The molecule has 12 nitrogen and oxygen atoms in total. The van der Waals surface area contributed by atoms with Crippen molar-refractivity contribution >= 4 is 46.3 Å². The zero-order valence-corrected chi connectivity index (χ0v) is 18.1. The smallest absolute Gasteiger partial charge is 0.401 e. The van der Waals surface area contributed by atoms with Gasteiger partial charge in [0.15, 0.2) is 0 Å². The Morgan fingerprint density at radius 3 is 2.47 bits per heavy atom. The molecule has 0 saturated carbocycles. The summed E-state index contributed by atoms with van der Waals surface area (Å²) in [4.78, 5) is 45.5. The van der Waals surface area contributed by atoms with Crippen LogP contribution in [0.25, 0.3) is 6.08 Å². The number of furan rings is 1. The maximum Gasteiger partial charge on any atom is 0.433 e. The minimum atomic E-state index is -1.01. The van der Waals surface area contributed by atoms with E-state index in [-0.39, 0.29) is 22.1 Å². The summed E-state index contributed by atoms with van der Waals surface area (Å²) in [5.74, 6) is -1.41. The number of nitro groups is 2. The molecule has 0 bridgehead atoms. The number of rotatable bonds is 10. The summed E-state index contributed by atoms with van der Waals surface area (Å²) in [6.07, 6.45) is 4.21. The SMILES string of the molecule is O=C(N[C@@H](Cc1ccccc1)C(=O)N/N=C\C=C\c1ccc([N+](=O)[O-])o1)c1ccc([N+](=O)[O-])s1. The van der Waals surface area contributed by atoms with Crippen LogP contribution in [-0.2, 0) is 11.2 Å². The van der Waals surface area contributed by atoms with Crippen LogP contribution in [0.2, 0.25) is 0 Å². The number of nitrogens with zero attached hydrogens (tertiary/aromatic N) is 3. The van der Waals surface area contributed by atoms with E-state index < -0.39 is 33.6 Å². The van der Waals surface area contributed by atoms with Crippen LogP contribution < -0.4 is 10.7 Å². The highest BCUT2D eigenvalue weighted by atomic mass is 32.1. The van der Waals surface area contributed by atoms with E-state index in [0.717, 1.165) is 5.56 Å². The van der Waals surface area contributed by atoms with Gasteiger partial charge in [0.25, 0.3) is 11.8 Å². The Morgan fingerprint density at radius 1 is 1.06 bits per heavy atom. The maximum atomic E-state index is 12.7. The topological polar surface area (TPSA) is 170 Å². The molecular formula is C21H17N5O7S. The second-order valence-corrected chi connectivity index (χ2v) is 7.72. The van der Waals surface area contributed by atoms with Gasteiger partial charge in [0.05, 0.1) is 15.9 Å². The molecule has 0 aliphatic carbocycles. The quantitative estimate of drug-likeness (QED) is 0.253. The molecule has 2 N–H and O–H groups in total. The van der Waals surface area contributed by atoms with E-state index in [0.29, 0.717) is 11.3 Å². The first-order valence-corrected chi connectivity index (χ1v) is 10.5. The number of nitrogens with one attached hydrogen (secondary N) is 2. The van der Waals surface area contributed by atoms with Crippen molar-refractivity contribution in [2.24, 2.45) is 5.10 Å². The lowest BCUT2D eigenvalue weighted by molar-refractivity contribution is -0.402. The number of amides is 2. The number of hydrogen-bond acceptors (Lipinski definition) is 9. The minimum Gasteiger partial charge on any atom is -0.401 e. The zero-order valence-electron chi connectivity index (χ0n) is 17.3. The summed E-state index contributed by atoms with van der Waals surface area (Å²) in [6, 6.07) is 13.1. The van der Waals surface area contributed by atoms with Crippen LogP contribution in [0.1, 0.15) is 21.0 Å². The van der Waals surface area contributed by atoms with Gasteiger partial charge >= 0.3 is 10.9 Å². The van der Waals surface area contributed by atoms with Gasteiger partial charge in [-0.25, -0.2) is 5.43 Å². The van der Waals surface area contributed by atoms with E-state index in [2.05, 4.69) is 15.8 Å². The zero-order chi connectivity index (χ0) is 24.5. The summed E-state index contributed by atoms with van der Waals surface area (Å²) < 4.78 is 4.96. The van der Waals surface area contributed by atoms with Crippen molar-refractivity contribution in [2.75, 3.05) is 0 Å². The van der Waals surface area contributed by atoms with Gasteiger partial charge in [0.1, 0.15) is 16.7 Å². The molecule has 174 valence electrons. The highest BCUT2D eigenvalue weighted by Crippen LogP contribution is 2.24. The lowest BCUT2D eigenvalue weighted by Crippen LogP contribution is -2.46. The van der Waals surface area contributed by atoms with Crippen LogP contribution in [0.5, 0.6) is 0 Å². The molecule has 0 aliphatic heterocycles. The van der Waals surface area contributed by atoms with Crippen LogP contribution >= 0.6 is 11.3 Å². The van der Waals surface area contributed by atoms with Crippen molar-refractivity contribution in [3.63, 3.8) is 0 Å². The van der Waals surface area contributed by atoms with Crippen LogP contribution in [0.3, 0.4) is 0 Å². The monoisotopic (exact) mass is 483 g/mol. The molecule has 1 aromatic carbocycles. The van der Waals surface area contributed by atoms with Crippen molar-refractivity contribution in [2.45, 2.75) is 12.5 Å². The third-order valence-corrected chi connectivity index (χ3v) is 5.32. The van der Waals surface area contributed by atoms with E-state index in [1.807, 2.05) is 6.07 Å². The van der Waals surface area contributed by atoms with Crippen LogP contribution in [-0.4, -0.2) is 33.9 Å². The van der Waals surface area contributed by atoms with Gasteiger partial charge in [0, 0.05) is 18.7 Å². The summed E-state index contributed by atoms with van der Waals surface area (Å²) in [5.41, 5.74) is 3.09. The molecule has 3 rings (SSSR count). The lowest BCUT2D eigenvalue weighted by atomic mass is 10.1. The molecular weight excluding hydrogens is 466 g/mol. The number of allylic oxidation sites excluding steroid dienone is 1. The highest BCUT2D eigenvalue weighted by molar-refractivity contribution is 7.17. The molecule has 0 saturated heterocycles. The Labute approximate surface area is 195 Å². The van der Waals surface area contributed by atoms with E-state index in [1.54, 1.807) is 24.3 Å². The predicted octanol–water partition coefficient (Wildman–Crippen LogP) is 3.31. The Hall–Kier alpha value is -4.65. The third-order valence-electron chi connectivity index (χ3n) is 4.29. The van der Waals surface area contributed by atoms with Gasteiger partial charge in [-0.15, -0.1) is 0 Å². The summed E-state index contributed by atoms with van der Waals surface area (Å²) in [7, 11) is 0. The number of carbonyl (C=O) groups excluding carboxylic acids is 2.